The van der Waals surface area contributed by atoms with Crippen molar-refractivity contribution in [1.29, 1.82) is 0 Å². The van der Waals surface area contributed by atoms with E-state index in [0.29, 0.717) is 34.0 Å². The Hall–Kier alpha value is -3.29. The number of carbonyl (C=O) groups excluding carboxylic acids is 2. The number of nitrogens with one attached hydrogen (secondary N) is 2. The number of aryl methyl sites for hydroxylation is 2. The van der Waals surface area contributed by atoms with Crippen molar-refractivity contribution in [2.45, 2.75) is 20.8 Å². The van der Waals surface area contributed by atoms with E-state index >= 15 is 0 Å². The number of rotatable bonds is 4. The van der Waals surface area contributed by atoms with E-state index in [2.05, 4.69) is 25.8 Å². The molecule has 0 fully saturated rings. The van der Waals surface area contributed by atoms with Crippen molar-refractivity contribution in [2.24, 2.45) is 7.05 Å². The van der Waals surface area contributed by atoms with E-state index in [4.69, 9.17) is 0 Å². The lowest BCUT2D eigenvalue weighted by Gasteiger charge is -2.07. The predicted molar refractivity (Wildman–Crippen MR) is 92.5 cm³/mol. The van der Waals surface area contributed by atoms with Gasteiger partial charge in [0.1, 0.15) is 5.69 Å². The van der Waals surface area contributed by atoms with Gasteiger partial charge in [-0.05, 0) is 48.9 Å². The van der Waals surface area contributed by atoms with Crippen LogP contribution in [0.4, 0.5) is 5.69 Å². The van der Waals surface area contributed by atoms with Gasteiger partial charge in [-0.1, -0.05) is 12.1 Å². The number of nitrogens with zero attached hydrogens (tertiary/aromatic N) is 4. The maximum atomic E-state index is 12.6. The number of H-pyrrole nitrogens is 1. The summed E-state index contributed by atoms with van der Waals surface area (Å²) in [5.74, 6) is 0.227. The highest BCUT2D eigenvalue weighted by molar-refractivity contribution is 6.07. The van der Waals surface area contributed by atoms with Gasteiger partial charge in [0.2, 0.25) is 0 Å². The molecule has 0 aliphatic rings. The van der Waals surface area contributed by atoms with Gasteiger partial charge in [-0.25, -0.2) is 4.68 Å². The van der Waals surface area contributed by atoms with Crippen LogP contribution in [-0.2, 0) is 7.05 Å². The van der Waals surface area contributed by atoms with Crippen LogP contribution in [0.1, 0.15) is 39.0 Å². The van der Waals surface area contributed by atoms with Crippen molar-refractivity contribution < 1.29 is 9.59 Å². The smallest absolute Gasteiger partial charge is 0.272 e. The third kappa shape index (κ3) is 3.06. The average Bonchev–Trinajstić information content (AvgIpc) is 3.10. The molecule has 2 aromatic heterocycles. The Bertz CT molecular complexity index is 969. The summed E-state index contributed by atoms with van der Waals surface area (Å²) in [5.41, 5.74) is 3.68. The largest absolute Gasteiger partial charge is 0.354 e. The van der Waals surface area contributed by atoms with Crippen molar-refractivity contribution >= 4 is 17.4 Å². The maximum Gasteiger partial charge on any atom is 0.272 e. The van der Waals surface area contributed by atoms with Crippen LogP contribution in [0.25, 0.3) is 11.4 Å². The second-order valence-corrected chi connectivity index (χ2v) is 5.84. The molecule has 0 bridgehead atoms. The van der Waals surface area contributed by atoms with Crippen molar-refractivity contribution in [2.75, 3.05) is 5.32 Å². The summed E-state index contributed by atoms with van der Waals surface area (Å²) in [5, 5.41) is 14.2. The Morgan fingerprint density at radius 1 is 1.24 bits per heavy atom. The molecule has 25 heavy (non-hydrogen) atoms. The molecular formula is C17H18N6O2. The lowest BCUT2D eigenvalue weighted by Crippen LogP contribution is -2.14. The van der Waals surface area contributed by atoms with Gasteiger partial charge < -0.3 is 10.3 Å². The molecule has 2 heterocycles. The van der Waals surface area contributed by atoms with Crippen LogP contribution < -0.4 is 5.32 Å². The molecule has 2 N–H and O–H groups in total. The molecule has 1 amide bonds. The average molecular weight is 338 g/mol. The number of anilines is 1. The van der Waals surface area contributed by atoms with E-state index in [-0.39, 0.29) is 11.7 Å². The molecule has 8 heteroatoms. The van der Waals surface area contributed by atoms with Crippen LogP contribution in [0, 0.1) is 13.8 Å². The van der Waals surface area contributed by atoms with Crippen molar-refractivity contribution in [3.63, 3.8) is 0 Å². The van der Waals surface area contributed by atoms with Crippen LogP contribution in [0.2, 0.25) is 0 Å². The van der Waals surface area contributed by atoms with Gasteiger partial charge in [0.05, 0.1) is 0 Å². The molecule has 8 nitrogen and oxygen atoms in total. The molecular weight excluding hydrogens is 320 g/mol. The Labute approximate surface area is 144 Å². The van der Waals surface area contributed by atoms with Gasteiger partial charge >= 0.3 is 0 Å². The number of hydrogen-bond donors (Lipinski definition) is 2. The van der Waals surface area contributed by atoms with Crippen LogP contribution in [0.3, 0.4) is 0 Å². The number of ketones is 1. The first-order valence-corrected chi connectivity index (χ1v) is 7.72. The normalized spacial score (nSPS) is 10.7. The van der Waals surface area contributed by atoms with Crippen LogP contribution in [0.15, 0.2) is 24.3 Å². The van der Waals surface area contributed by atoms with Gasteiger partial charge in [0.15, 0.2) is 11.6 Å². The molecule has 0 aliphatic carbocycles. The van der Waals surface area contributed by atoms with Gasteiger partial charge in [0, 0.05) is 29.6 Å². The van der Waals surface area contributed by atoms with Crippen LogP contribution in [0.5, 0.6) is 0 Å². The van der Waals surface area contributed by atoms with Crippen molar-refractivity contribution in [3.8, 4) is 11.4 Å². The van der Waals surface area contributed by atoms with E-state index in [0.717, 1.165) is 5.56 Å². The van der Waals surface area contributed by atoms with Gasteiger partial charge in [0.25, 0.3) is 5.91 Å². The van der Waals surface area contributed by atoms with Crippen LogP contribution in [-0.4, -0.2) is 36.9 Å². The molecule has 1 aromatic carbocycles. The minimum atomic E-state index is -0.304. The number of carbonyl (C=O) groups is 2. The molecule has 0 aliphatic heterocycles. The first-order valence-electron chi connectivity index (χ1n) is 7.72. The molecule has 128 valence electrons. The lowest BCUT2D eigenvalue weighted by molar-refractivity contribution is 0.101. The molecule has 0 saturated heterocycles. The zero-order chi connectivity index (χ0) is 18.1. The molecule has 0 radical (unpaired) electrons. The highest BCUT2D eigenvalue weighted by Gasteiger charge is 2.20. The van der Waals surface area contributed by atoms with Crippen LogP contribution >= 0.6 is 0 Å². The second kappa shape index (κ2) is 6.31. The number of benzene rings is 1. The number of amides is 1. The fourth-order valence-corrected chi connectivity index (χ4v) is 2.91. The minimum Gasteiger partial charge on any atom is -0.354 e. The zero-order valence-corrected chi connectivity index (χ0v) is 14.4. The van der Waals surface area contributed by atoms with E-state index in [1.54, 1.807) is 37.7 Å². The number of tetrazole rings is 1. The second-order valence-electron chi connectivity index (χ2n) is 5.84. The number of aromatic amines is 1. The predicted octanol–water partition coefficient (Wildman–Crippen LogP) is 2.28. The molecule has 3 aromatic rings. The van der Waals surface area contributed by atoms with E-state index in [9.17, 15) is 9.59 Å². The zero-order valence-electron chi connectivity index (χ0n) is 14.4. The monoisotopic (exact) mass is 338 g/mol. The standard InChI is InChI=1S/C17H18N6O2/c1-9-14(11(3)24)10(2)18-15(9)17(25)19-13-7-5-6-12(8-13)16-20-21-22-23(16)4/h5-8,18H,1-4H3,(H,19,25). The van der Waals surface area contributed by atoms with Gasteiger partial charge in [-0.15, -0.1) is 5.10 Å². The number of hydrogen-bond acceptors (Lipinski definition) is 5. The van der Waals surface area contributed by atoms with Gasteiger partial charge in [-0.2, -0.15) is 0 Å². The summed E-state index contributed by atoms with van der Waals surface area (Å²) in [7, 11) is 1.74. The summed E-state index contributed by atoms with van der Waals surface area (Å²) in [4.78, 5) is 27.3. The number of Topliss-reactive ketones (excluding diaryl/α,β-unsaturated/α-hetero) is 1. The molecule has 3 rings (SSSR count). The Morgan fingerprint density at radius 3 is 2.60 bits per heavy atom. The fourth-order valence-electron chi connectivity index (χ4n) is 2.91. The lowest BCUT2D eigenvalue weighted by atomic mass is 10.1. The summed E-state index contributed by atoms with van der Waals surface area (Å²) in [6, 6.07) is 7.25. The van der Waals surface area contributed by atoms with Gasteiger partial charge in [-0.3, -0.25) is 9.59 Å². The molecule has 0 spiro atoms. The third-order valence-corrected chi connectivity index (χ3v) is 4.02. The Morgan fingerprint density at radius 2 is 2.00 bits per heavy atom. The van der Waals surface area contributed by atoms with E-state index in [1.165, 1.54) is 6.92 Å². The maximum absolute atomic E-state index is 12.6. The summed E-state index contributed by atoms with van der Waals surface area (Å²) in [6.07, 6.45) is 0. The molecule has 0 saturated carbocycles. The van der Waals surface area contributed by atoms with Crippen molar-refractivity contribution in [1.82, 2.24) is 25.2 Å². The quantitative estimate of drug-likeness (QED) is 0.710. The topological polar surface area (TPSA) is 106 Å². The molecule has 0 unspecified atom stereocenters. The summed E-state index contributed by atoms with van der Waals surface area (Å²) < 4.78 is 1.55. The first kappa shape index (κ1) is 16.6. The highest BCUT2D eigenvalue weighted by atomic mass is 16.2. The summed E-state index contributed by atoms with van der Waals surface area (Å²) >= 11 is 0. The summed E-state index contributed by atoms with van der Waals surface area (Å²) in [6.45, 7) is 5.03. The number of aromatic nitrogens is 5. The Kier molecular flexibility index (Phi) is 4.18. The third-order valence-electron chi connectivity index (χ3n) is 4.02. The molecule has 0 atom stereocenters. The SMILES string of the molecule is CC(=O)c1c(C)[nH]c(C(=O)Nc2cccc(-c3nnnn3C)c2)c1C. The van der Waals surface area contributed by atoms with E-state index < -0.39 is 0 Å². The fraction of sp³-hybridized carbons (Fsp3) is 0.235. The van der Waals surface area contributed by atoms with Crippen molar-refractivity contribution in [3.05, 3.63) is 46.8 Å². The minimum absolute atomic E-state index is 0.0675. The van der Waals surface area contributed by atoms with E-state index in [1.807, 2.05) is 12.1 Å². The highest BCUT2D eigenvalue weighted by Crippen LogP contribution is 2.22. The first-order chi connectivity index (χ1) is 11.9. The Balaban J connectivity index is 1.89.